The first-order chi connectivity index (χ1) is 7.13. The van der Waals surface area contributed by atoms with Crippen LogP contribution in [0, 0.1) is 0 Å². The number of carbonyl (C=O) groups excluding carboxylic acids is 2. The summed E-state index contributed by atoms with van der Waals surface area (Å²) in [5, 5.41) is 2.47. The van der Waals surface area contributed by atoms with E-state index in [1.807, 2.05) is 6.92 Å². The number of nitrogens with one attached hydrogen (secondary N) is 1. The molecule has 0 aliphatic heterocycles. The lowest BCUT2D eigenvalue weighted by Crippen LogP contribution is -2.19. The molecule has 0 aromatic heterocycles. The van der Waals surface area contributed by atoms with Gasteiger partial charge in [-0.05, 0) is 31.2 Å². The van der Waals surface area contributed by atoms with Crippen LogP contribution in [0.25, 0.3) is 0 Å². The number of anilines is 1. The van der Waals surface area contributed by atoms with Crippen molar-refractivity contribution in [1.82, 2.24) is 0 Å². The Bertz CT molecular complexity index is 357. The van der Waals surface area contributed by atoms with Gasteiger partial charge in [0.1, 0.15) is 5.75 Å². The van der Waals surface area contributed by atoms with Crippen molar-refractivity contribution in [2.75, 3.05) is 11.9 Å². The molecule has 1 rings (SSSR count). The summed E-state index contributed by atoms with van der Waals surface area (Å²) in [6.07, 6.45) is 0. The molecule has 0 unspecified atom stereocenters. The van der Waals surface area contributed by atoms with Crippen molar-refractivity contribution in [2.45, 2.75) is 13.8 Å². The molecule has 0 aliphatic rings. The summed E-state index contributed by atoms with van der Waals surface area (Å²) in [5.74, 6) is -0.388. The molecule has 0 atom stereocenters. The lowest BCUT2D eigenvalue weighted by Gasteiger charge is -2.05. The van der Waals surface area contributed by atoms with E-state index < -0.39 is 11.7 Å². The Labute approximate surface area is 88.2 Å². The molecule has 0 radical (unpaired) electrons. The zero-order chi connectivity index (χ0) is 11.3. The fourth-order valence-electron chi connectivity index (χ4n) is 1.02. The van der Waals surface area contributed by atoms with Crippen molar-refractivity contribution in [2.24, 2.45) is 0 Å². The van der Waals surface area contributed by atoms with Gasteiger partial charge < -0.3 is 10.1 Å². The van der Waals surface area contributed by atoms with Gasteiger partial charge in [0.05, 0.1) is 6.61 Å². The molecule has 1 N–H and O–H groups in total. The number of hydrogen-bond donors (Lipinski definition) is 1. The lowest BCUT2D eigenvalue weighted by atomic mass is 10.3. The minimum Gasteiger partial charge on any atom is -0.494 e. The van der Waals surface area contributed by atoms with E-state index in [0.717, 1.165) is 5.75 Å². The molecule has 1 amide bonds. The van der Waals surface area contributed by atoms with Crippen molar-refractivity contribution in [3.05, 3.63) is 24.3 Å². The average molecular weight is 207 g/mol. The second-order valence-corrected chi connectivity index (χ2v) is 2.97. The Hall–Kier alpha value is -1.84. The maximum Gasteiger partial charge on any atom is 0.291 e. The molecule has 4 heteroatoms. The summed E-state index contributed by atoms with van der Waals surface area (Å²) >= 11 is 0. The van der Waals surface area contributed by atoms with Gasteiger partial charge in [0.25, 0.3) is 5.91 Å². The predicted octanol–water partition coefficient (Wildman–Crippen LogP) is 1.61. The fraction of sp³-hybridized carbons (Fsp3) is 0.273. The van der Waals surface area contributed by atoms with Gasteiger partial charge >= 0.3 is 0 Å². The van der Waals surface area contributed by atoms with Crippen LogP contribution < -0.4 is 10.1 Å². The highest BCUT2D eigenvalue weighted by Crippen LogP contribution is 2.15. The Kier molecular flexibility index (Phi) is 3.85. The number of amides is 1. The molecule has 80 valence electrons. The van der Waals surface area contributed by atoms with E-state index in [-0.39, 0.29) is 0 Å². The Balaban J connectivity index is 2.64. The van der Waals surface area contributed by atoms with E-state index in [4.69, 9.17) is 4.74 Å². The van der Waals surface area contributed by atoms with Gasteiger partial charge in [-0.3, -0.25) is 9.59 Å². The van der Waals surface area contributed by atoms with Gasteiger partial charge in [-0.15, -0.1) is 0 Å². The molecule has 0 aliphatic carbocycles. The summed E-state index contributed by atoms with van der Waals surface area (Å²) in [4.78, 5) is 21.7. The van der Waals surface area contributed by atoms with Crippen LogP contribution in [0.1, 0.15) is 13.8 Å². The SMILES string of the molecule is CCOc1ccc(NC(=O)C(C)=O)cc1. The summed E-state index contributed by atoms with van der Waals surface area (Å²) < 4.78 is 5.23. The maximum absolute atomic E-state index is 11.0. The average Bonchev–Trinajstić information content (AvgIpc) is 2.21. The van der Waals surface area contributed by atoms with Crippen LogP contribution in [0.2, 0.25) is 0 Å². The van der Waals surface area contributed by atoms with Crippen LogP contribution in [0.4, 0.5) is 5.69 Å². The first kappa shape index (κ1) is 11.2. The van der Waals surface area contributed by atoms with Crippen molar-refractivity contribution in [3.63, 3.8) is 0 Å². The topological polar surface area (TPSA) is 55.4 Å². The van der Waals surface area contributed by atoms with Gasteiger partial charge in [0.2, 0.25) is 5.78 Å². The Morgan fingerprint density at radius 3 is 2.33 bits per heavy atom. The quantitative estimate of drug-likeness (QED) is 0.763. The van der Waals surface area contributed by atoms with Gasteiger partial charge in [-0.2, -0.15) is 0 Å². The molecule has 0 heterocycles. The third kappa shape index (κ3) is 3.42. The molecule has 0 saturated heterocycles. The Morgan fingerprint density at radius 1 is 1.27 bits per heavy atom. The van der Waals surface area contributed by atoms with E-state index in [1.165, 1.54) is 6.92 Å². The molecule has 15 heavy (non-hydrogen) atoms. The third-order valence-electron chi connectivity index (χ3n) is 1.74. The van der Waals surface area contributed by atoms with E-state index >= 15 is 0 Å². The third-order valence-corrected chi connectivity index (χ3v) is 1.74. The normalized spacial score (nSPS) is 9.47. The van der Waals surface area contributed by atoms with Gasteiger partial charge in [-0.1, -0.05) is 0 Å². The van der Waals surface area contributed by atoms with Gasteiger partial charge in [0, 0.05) is 12.6 Å². The number of hydrogen-bond acceptors (Lipinski definition) is 3. The van der Waals surface area contributed by atoms with Crippen molar-refractivity contribution < 1.29 is 14.3 Å². The van der Waals surface area contributed by atoms with Crippen LogP contribution in [0.3, 0.4) is 0 Å². The van der Waals surface area contributed by atoms with E-state index in [2.05, 4.69) is 5.32 Å². The molecule has 0 spiro atoms. The highest BCUT2D eigenvalue weighted by Gasteiger charge is 2.06. The highest BCUT2D eigenvalue weighted by molar-refractivity contribution is 6.39. The first-order valence-electron chi connectivity index (χ1n) is 4.68. The monoisotopic (exact) mass is 207 g/mol. The minimum absolute atomic E-state index is 0.510. The second kappa shape index (κ2) is 5.14. The summed E-state index contributed by atoms with van der Waals surface area (Å²) in [7, 11) is 0. The Morgan fingerprint density at radius 2 is 1.87 bits per heavy atom. The molecule has 0 fully saturated rings. The smallest absolute Gasteiger partial charge is 0.291 e. The summed E-state index contributed by atoms with van der Waals surface area (Å²) in [6, 6.07) is 6.84. The molecule has 4 nitrogen and oxygen atoms in total. The van der Waals surface area contributed by atoms with Crippen molar-refractivity contribution in [1.29, 1.82) is 0 Å². The van der Waals surface area contributed by atoms with Crippen LogP contribution in [0.5, 0.6) is 5.75 Å². The number of benzene rings is 1. The zero-order valence-electron chi connectivity index (χ0n) is 8.74. The molecule has 1 aromatic carbocycles. The van der Waals surface area contributed by atoms with Gasteiger partial charge in [0.15, 0.2) is 0 Å². The summed E-state index contributed by atoms with van der Waals surface area (Å²) in [5.41, 5.74) is 0.582. The van der Waals surface area contributed by atoms with E-state index in [9.17, 15) is 9.59 Å². The number of ketones is 1. The van der Waals surface area contributed by atoms with Crippen molar-refractivity contribution >= 4 is 17.4 Å². The molecule has 0 saturated carbocycles. The lowest BCUT2D eigenvalue weighted by molar-refractivity contribution is -0.133. The molecular formula is C11H13NO3. The van der Waals surface area contributed by atoms with Crippen LogP contribution in [-0.2, 0) is 9.59 Å². The standard InChI is InChI=1S/C11H13NO3/c1-3-15-10-6-4-9(5-7-10)12-11(14)8(2)13/h4-7H,3H2,1-2H3,(H,12,14). The molecule has 1 aromatic rings. The molecule has 0 bridgehead atoms. The van der Waals surface area contributed by atoms with Crippen LogP contribution in [0.15, 0.2) is 24.3 Å². The predicted molar refractivity (Wildman–Crippen MR) is 56.9 cm³/mol. The summed E-state index contributed by atoms with van der Waals surface area (Å²) in [6.45, 7) is 3.72. The number of carbonyl (C=O) groups is 2. The van der Waals surface area contributed by atoms with E-state index in [1.54, 1.807) is 24.3 Å². The zero-order valence-corrected chi connectivity index (χ0v) is 8.74. The minimum atomic E-state index is -0.612. The van der Waals surface area contributed by atoms with Crippen LogP contribution in [-0.4, -0.2) is 18.3 Å². The first-order valence-corrected chi connectivity index (χ1v) is 4.68. The number of rotatable bonds is 4. The highest BCUT2D eigenvalue weighted by atomic mass is 16.5. The van der Waals surface area contributed by atoms with Gasteiger partial charge in [-0.25, -0.2) is 0 Å². The van der Waals surface area contributed by atoms with Crippen LogP contribution >= 0.6 is 0 Å². The van der Waals surface area contributed by atoms with E-state index in [0.29, 0.717) is 12.3 Å². The maximum atomic E-state index is 11.0. The van der Waals surface area contributed by atoms with Crippen molar-refractivity contribution in [3.8, 4) is 5.75 Å². The number of ether oxygens (including phenoxy) is 1. The second-order valence-electron chi connectivity index (χ2n) is 2.97. The number of Topliss-reactive ketones (excluding diaryl/α,β-unsaturated/α-hetero) is 1. The fourth-order valence-corrected chi connectivity index (χ4v) is 1.02. The largest absolute Gasteiger partial charge is 0.494 e. The molecular weight excluding hydrogens is 194 g/mol.